The van der Waals surface area contributed by atoms with E-state index in [4.69, 9.17) is 16.1 Å². The number of rotatable bonds is 3. The smallest absolute Gasteiger partial charge is 0.296 e. The molecule has 7 heteroatoms. The molecule has 0 aliphatic carbocycles. The molecule has 1 N–H and O–H groups in total. The average Bonchev–Trinajstić information content (AvgIpc) is 3.06. The number of thiazole rings is 1. The molecule has 0 spiro atoms. The molecule has 0 unspecified atom stereocenters. The quantitative estimate of drug-likeness (QED) is 0.775. The molecule has 3 rings (SSSR count). The summed E-state index contributed by atoms with van der Waals surface area (Å²) < 4.78 is 4.93. The first kappa shape index (κ1) is 14.7. The molecule has 0 atom stereocenters. The third-order valence-electron chi connectivity index (χ3n) is 2.99. The monoisotopic (exact) mass is 333 g/mol. The average molecular weight is 334 g/mol. The number of hydrogen-bond donors (Lipinski definition) is 1. The Balaban J connectivity index is 1.83. The van der Waals surface area contributed by atoms with Gasteiger partial charge in [0.05, 0.1) is 11.4 Å². The fourth-order valence-corrected chi connectivity index (χ4v) is 2.91. The minimum absolute atomic E-state index is 0.165. The van der Waals surface area contributed by atoms with Crippen molar-refractivity contribution >= 4 is 34.0 Å². The number of benzene rings is 1. The predicted octanol–water partition coefficient (Wildman–Crippen LogP) is 4.32. The van der Waals surface area contributed by atoms with Gasteiger partial charge in [-0.15, -0.1) is 11.3 Å². The van der Waals surface area contributed by atoms with Gasteiger partial charge in [0.15, 0.2) is 5.13 Å². The summed E-state index contributed by atoms with van der Waals surface area (Å²) >= 11 is 7.30. The Morgan fingerprint density at radius 3 is 2.64 bits per heavy atom. The van der Waals surface area contributed by atoms with Crippen LogP contribution < -0.4 is 5.32 Å². The molecule has 2 heterocycles. The van der Waals surface area contributed by atoms with Gasteiger partial charge in [-0.25, -0.2) is 4.98 Å². The van der Waals surface area contributed by atoms with Gasteiger partial charge in [-0.2, -0.15) is 0 Å². The zero-order valence-electron chi connectivity index (χ0n) is 11.9. The van der Waals surface area contributed by atoms with Crippen LogP contribution in [0.3, 0.4) is 0 Å². The second-order valence-electron chi connectivity index (χ2n) is 4.72. The Morgan fingerprint density at radius 1 is 1.27 bits per heavy atom. The highest BCUT2D eigenvalue weighted by atomic mass is 35.5. The lowest BCUT2D eigenvalue weighted by Gasteiger charge is -1.98. The maximum absolute atomic E-state index is 12.0. The fourth-order valence-electron chi connectivity index (χ4n) is 1.95. The van der Waals surface area contributed by atoms with Crippen molar-refractivity contribution in [3.63, 3.8) is 0 Å². The zero-order valence-corrected chi connectivity index (χ0v) is 13.5. The topological polar surface area (TPSA) is 68.0 Å². The molecule has 0 saturated carbocycles. The molecule has 5 nitrogen and oxygen atoms in total. The van der Waals surface area contributed by atoms with Gasteiger partial charge in [-0.05, 0) is 26.0 Å². The van der Waals surface area contributed by atoms with E-state index in [-0.39, 0.29) is 11.7 Å². The molecule has 3 aromatic rings. The Morgan fingerprint density at radius 2 is 2.00 bits per heavy atom. The Bertz CT molecular complexity index is 824. The normalized spacial score (nSPS) is 10.7. The summed E-state index contributed by atoms with van der Waals surface area (Å²) in [6.07, 6.45) is 0. The van der Waals surface area contributed by atoms with Crippen LogP contribution in [-0.2, 0) is 0 Å². The lowest BCUT2D eigenvalue weighted by molar-refractivity contribution is 0.0988. The molecular weight excluding hydrogens is 322 g/mol. The first-order valence-corrected chi connectivity index (χ1v) is 7.70. The number of nitrogens with one attached hydrogen (secondary N) is 1. The number of nitrogens with zero attached hydrogens (tertiary/aromatic N) is 2. The SMILES string of the molecule is Cc1cc(C(=O)Nc2nc(-c3ccc(Cl)cc3)c(C)s2)on1. The number of hydrogen-bond acceptors (Lipinski definition) is 5. The van der Waals surface area contributed by atoms with E-state index < -0.39 is 0 Å². The number of halogens is 1. The standard InChI is InChI=1S/C15H12ClN3O2S/c1-8-7-12(21-19-8)14(20)18-15-17-13(9(2)22-15)10-3-5-11(16)6-4-10/h3-7H,1-2H3,(H,17,18,20). The minimum atomic E-state index is -0.364. The van der Waals surface area contributed by atoms with Crippen LogP contribution >= 0.6 is 22.9 Å². The van der Waals surface area contributed by atoms with Crippen LogP contribution in [0, 0.1) is 13.8 Å². The van der Waals surface area contributed by atoms with Crippen molar-refractivity contribution < 1.29 is 9.32 Å². The van der Waals surface area contributed by atoms with E-state index >= 15 is 0 Å². The number of aryl methyl sites for hydroxylation is 2. The van der Waals surface area contributed by atoms with E-state index in [2.05, 4.69) is 15.5 Å². The molecule has 0 radical (unpaired) electrons. The second kappa shape index (κ2) is 5.90. The number of amides is 1. The van der Waals surface area contributed by atoms with Gasteiger partial charge in [0.2, 0.25) is 5.76 Å². The first-order chi connectivity index (χ1) is 10.5. The van der Waals surface area contributed by atoms with Gasteiger partial charge >= 0.3 is 0 Å². The molecule has 0 bridgehead atoms. The van der Waals surface area contributed by atoms with Gasteiger partial charge in [0, 0.05) is 21.5 Å². The lowest BCUT2D eigenvalue weighted by Crippen LogP contribution is -2.10. The molecule has 22 heavy (non-hydrogen) atoms. The maximum Gasteiger partial charge on any atom is 0.296 e. The summed E-state index contributed by atoms with van der Waals surface area (Å²) in [4.78, 5) is 17.5. The highest BCUT2D eigenvalue weighted by Crippen LogP contribution is 2.31. The third kappa shape index (κ3) is 3.03. The molecule has 0 saturated heterocycles. The molecule has 112 valence electrons. The number of carbonyl (C=O) groups is 1. The number of aromatic nitrogens is 2. The first-order valence-electron chi connectivity index (χ1n) is 6.51. The molecule has 1 aromatic carbocycles. The molecule has 0 fully saturated rings. The van der Waals surface area contributed by atoms with Crippen molar-refractivity contribution in [2.24, 2.45) is 0 Å². The lowest BCUT2D eigenvalue weighted by atomic mass is 10.1. The van der Waals surface area contributed by atoms with Crippen LogP contribution in [0.4, 0.5) is 5.13 Å². The van der Waals surface area contributed by atoms with Crippen molar-refractivity contribution in [1.29, 1.82) is 0 Å². The van der Waals surface area contributed by atoms with Crippen LogP contribution in [0.25, 0.3) is 11.3 Å². The zero-order chi connectivity index (χ0) is 15.7. The fraction of sp³-hybridized carbons (Fsp3) is 0.133. The van der Waals surface area contributed by atoms with Crippen LogP contribution in [0.5, 0.6) is 0 Å². The predicted molar refractivity (Wildman–Crippen MR) is 86.5 cm³/mol. The maximum atomic E-state index is 12.0. The van der Waals surface area contributed by atoms with Crippen molar-refractivity contribution in [1.82, 2.24) is 10.1 Å². The number of anilines is 1. The molecular formula is C15H12ClN3O2S. The minimum Gasteiger partial charge on any atom is -0.351 e. The second-order valence-corrected chi connectivity index (χ2v) is 6.36. The van der Waals surface area contributed by atoms with E-state index in [1.165, 1.54) is 11.3 Å². The van der Waals surface area contributed by atoms with Crippen molar-refractivity contribution in [3.8, 4) is 11.3 Å². The van der Waals surface area contributed by atoms with Gasteiger partial charge in [-0.1, -0.05) is 28.9 Å². The van der Waals surface area contributed by atoms with E-state index in [1.807, 2.05) is 31.2 Å². The highest BCUT2D eigenvalue weighted by Gasteiger charge is 2.16. The van der Waals surface area contributed by atoms with Crippen molar-refractivity contribution in [3.05, 3.63) is 51.7 Å². The Hall–Kier alpha value is -2.18. The summed E-state index contributed by atoms with van der Waals surface area (Å²) in [5, 5.41) is 7.60. The summed E-state index contributed by atoms with van der Waals surface area (Å²) in [6, 6.07) is 9.00. The van der Waals surface area contributed by atoms with Crippen LogP contribution in [0.2, 0.25) is 5.02 Å². The van der Waals surface area contributed by atoms with Gasteiger partial charge in [0.25, 0.3) is 5.91 Å². The van der Waals surface area contributed by atoms with E-state index in [9.17, 15) is 4.79 Å². The van der Waals surface area contributed by atoms with Gasteiger partial charge in [-0.3, -0.25) is 10.1 Å². The Kier molecular flexibility index (Phi) is 3.96. The third-order valence-corrected chi connectivity index (χ3v) is 4.12. The molecule has 0 aliphatic heterocycles. The summed E-state index contributed by atoms with van der Waals surface area (Å²) in [7, 11) is 0. The molecule has 2 aromatic heterocycles. The van der Waals surface area contributed by atoms with Crippen molar-refractivity contribution in [2.75, 3.05) is 5.32 Å². The molecule has 0 aliphatic rings. The van der Waals surface area contributed by atoms with Crippen LogP contribution in [-0.4, -0.2) is 16.0 Å². The molecule has 1 amide bonds. The van der Waals surface area contributed by atoms with E-state index in [0.717, 1.165) is 16.1 Å². The summed E-state index contributed by atoms with van der Waals surface area (Å²) in [6.45, 7) is 3.71. The summed E-state index contributed by atoms with van der Waals surface area (Å²) in [5.41, 5.74) is 2.43. The Labute approximate surface area is 135 Å². The van der Waals surface area contributed by atoms with Gasteiger partial charge < -0.3 is 4.52 Å². The largest absolute Gasteiger partial charge is 0.351 e. The number of carbonyl (C=O) groups excluding carboxylic acids is 1. The summed E-state index contributed by atoms with van der Waals surface area (Å²) in [5.74, 6) is -0.199. The van der Waals surface area contributed by atoms with Gasteiger partial charge in [0.1, 0.15) is 0 Å². The van der Waals surface area contributed by atoms with E-state index in [1.54, 1.807) is 13.0 Å². The highest BCUT2D eigenvalue weighted by molar-refractivity contribution is 7.16. The van der Waals surface area contributed by atoms with Crippen molar-refractivity contribution in [2.45, 2.75) is 13.8 Å². The van der Waals surface area contributed by atoms with E-state index in [0.29, 0.717) is 15.8 Å². The van der Waals surface area contributed by atoms with Crippen LogP contribution in [0.1, 0.15) is 21.1 Å². The van der Waals surface area contributed by atoms with Crippen LogP contribution in [0.15, 0.2) is 34.9 Å².